The van der Waals surface area contributed by atoms with Crippen molar-refractivity contribution in [3.05, 3.63) is 54.1 Å². The van der Waals surface area contributed by atoms with Crippen LogP contribution in [0.5, 0.6) is 11.5 Å². The van der Waals surface area contributed by atoms with Gasteiger partial charge in [-0.15, -0.1) is 0 Å². The zero-order chi connectivity index (χ0) is 13.7. The van der Waals surface area contributed by atoms with Gasteiger partial charge in [0.1, 0.15) is 11.5 Å². The van der Waals surface area contributed by atoms with E-state index in [0.717, 1.165) is 23.4 Å². The normalized spacial score (nSPS) is 11.9. The van der Waals surface area contributed by atoms with E-state index in [9.17, 15) is 5.11 Å². The maximum absolute atomic E-state index is 9.30. The topological polar surface area (TPSA) is 41.5 Å². The van der Waals surface area contributed by atoms with Crippen molar-refractivity contribution in [1.82, 2.24) is 0 Å². The van der Waals surface area contributed by atoms with E-state index in [4.69, 9.17) is 4.74 Å². The van der Waals surface area contributed by atoms with Crippen molar-refractivity contribution in [1.29, 1.82) is 0 Å². The second-order valence-electron chi connectivity index (χ2n) is 4.39. The molecule has 0 saturated heterocycles. The number of phenolic OH excluding ortho intramolecular Hbond substituents is 1. The first kappa shape index (κ1) is 13.3. The van der Waals surface area contributed by atoms with Gasteiger partial charge in [0.15, 0.2) is 0 Å². The minimum atomic E-state index is 0.181. The van der Waals surface area contributed by atoms with Crippen molar-refractivity contribution in [2.24, 2.45) is 0 Å². The fourth-order valence-corrected chi connectivity index (χ4v) is 2.11. The Hall–Kier alpha value is -2.16. The van der Waals surface area contributed by atoms with Crippen molar-refractivity contribution in [2.75, 3.05) is 12.4 Å². The van der Waals surface area contributed by atoms with E-state index in [1.807, 2.05) is 30.3 Å². The molecule has 2 N–H and O–H groups in total. The number of rotatable bonds is 5. The number of nitrogens with one attached hydrogen (secondary N) is 1. The molecule has 0 amide bonds. The first-order valence-corrected chi connectivity index (χ1v) is 6.43. The van der Waals surface area contributed by atoms with E-state index in [1.165, 1.54) is 0 Å². The van der Waals surface area contributed by atoms with Crippen LogP contribution in [0.3, 0.4) is 0 Å². The summed E-state index contributed by atoms with van der Waals surface area (Å²) >= 11 is 0. The maximum atomic E-state index is 9.30. The Morgan fingerprint density at radius 2 is 1.79 bits per heavy atom. The lowest BCUT2D eigenvalue weighted by Crippen LogP contribution is -2.10. The second kappa shape index (κ2) is 6.14. The van der Waals surface area contributed by atoms with Crippen LogP contribution in [0.15, 0.2) is 48.5 Å². The van der Waals surface area contributed by atoms with Crippen LogP contribution in [0.4, 0.5) is 5.69 Å². The summed E-state index contributed by atoms with van der Waals surface area (Å²) in [7, 11) is 1.69. The minimum absolute atomic E-state index is 0.181. The summed E-state index contributed by atoms with van der Waals surface area (Å²) in [5.74, 6) is 1.16. The van der Waals surface area contributed by atoms with Crippen molar-refractivity contribution < 1.29 is 9.84 Å². The molecule has 0 heterocycles. The van der Waals surface area contributed by atoms with Crippen molar-refractivity contribution in [2.45, 2.75) is 19.4 Å². The van der Waals surface area contributed by atoms with Gasteiger partial charge in [-0.2, -0.15) is 0 Å². The molecule has 0 aliphatic heterocycles. The molecule has 0 aromatic heterocycles. The number of anilines is 1. The number of para-hydroxylation sites is 1. The minimum Gasteiger partial charge on any atom is -0.508 e. The summed E-state index contributed by atoms with van der Waals surface area (Å²) in [5.41, 5.74) is 2.12. The Morgan fingerprint density at radius 3 is 2.42 bits per heavy atom. The van der Waals surface area contributed by atoms with Crippen LogP contribution in [0.2, 0.25) is 0 Å². The average molecular weight is 257 g/mol. The first-order valence-electron chi connectivity index (χ1n) is 6.43. The Labute approximate surface area is 113 Å². The second-order valence-corrected chi connectivity index (χ2v) is 4.39. The molecule has 0 aliphatic rings. The zero-order valence-electron chi connectivity index (χ0n) is 11.3. The molecule has 0 aliphatic carbocycles. The van der Waals surface area contributed by atoms with Gasteiger partial charge in [0.25, 0.3) is 0 Å². The van der Waals surface area contributed by atoms with E-state index in [0.29, 0.717) is 0 Å². The molecule has 100 valence electrons. The Bertz CT molecular complexity index is 523. The summed E-state index contributed by atoms with van der Waals surface area (Å²) in [6, 6.07) is 15.3. The van der Waals surface area contributed by atoms with Gasteiger partial charge in [0, 0.05) is 11.3 Å². The number of hydrogen-bond donors (Lipinski definition) is 2. The molecular weight excluding hydrogens is 238 g/mol. The van der Waals surface area contributed by atoms with Gasteiger partial charge >= 0.3 is 0 Å². The number of phenols is 1. The molecule has 0 fully saturated rings. The fourth-order valence-electron chi connectivity index (χ4n) is 2.11. The smallest absolute Gasteiger partial charge is 0.124 e. The number of aromatic hydroxyl groups is 1. The molecule has 0 bridgehead atoms. The van der Waals surface area contributed by atoms with Gasteiger partial charge < -0.3 is 15.2 Å². The summed E-state index contributed by atoms with van der Waals surface area (Å²) < 4.78 is 5.40. The highest BCUT2D eigenvalue weighted by Gasteiger charge is 2.13. The van der Waals surface area contributed by atoms with Gasteiger partial charge in [0.2, 0.25) is 0 Å². The standard InChI is InChI=1S/C16H19NO2/c1-3-15(14-6-4-5-7-16(14)19-2)17-12-8-10-13(18)11-9-12/h4-11,15,17-18H,3H2,1-2H3. The number of hydrogen-bond acceptors (Lipinski definition) is 3. The highest BCUT2D eigenvalue weighted by Crippen LogP contribution is 2.30. The monoisotopic (exact) mass is 257 g/mol. The van der Waals surface area contributed by atoms with Crippen LogP contribution >= 0.6 is 0 Å². The lowest BCUT2D eigenvalue weighted by molar-refractivity contribution is 0.406. The van der Waals surface area contributed by atoms with E-state index in [-0.39, 0.29) is 11.8 Å². The van der Waals surface area contributed by atoms with Gasteiger partial charge in [-0.1, -0.05) is 25.1 Å². The third-order valence-corrected chi connectivity index (χ3v) is 3.13. The van der Waals surface area contributed by atoms with Crippen molar-refractivity contribution in [3.8, 4) is 11.5 Å². The molecule has 0 radical (unpaired) electrons. The largest absolute Gasteiger partial charge is 0.508 e. The van der Waals surface area contributed by atoms with E-state index in [2.05, 4.69) is 18.3 Å². The molecule has 1 unspecified atom stereocenters. The lowest BCUT2D eigenvalue weighted by Gasteiger charge is -2.21. The third kappa shape index (κ3) is 3.19. The third-order valence-electron chi connectivity index (χ3n) is 3.13. The van der Waals surface area contributed by atoms with Gasteiger partial charge in [-0.05, 0) is 36.8 Å². The van der Waals surface area contributed by atoms with Crippen molar-refractivity contribution >= 4 is 5.69 Å². The molecular formula is C16H19NO2. The van der Waals surface area contributed by atoms with Crippen LogP contribution in [0, 0.1) is 0 Å². The molecule has 3 nitrogen and oxygen atoms in total. The summed E-state index contributed by atoms with van der Waals surface area (Å²) in [4.78, 5) is 0. The molecule has 2 aromatic rings. The first-order chi connectivity index (χ1) is 9.24. The van der Waals surface area contributed by atoms with Crippen LogP contribution in [-0.4, -0.2) is 12.2 Å². The van der Waals surface area contributed by atoms with E-state index >= 15 is 0 Å². The van der Waals surface area contributed by atoms with E-state index < -0.39 is 0 Å². The van der Waals surface area contributed by atoms with Crippen LogP contribution < -0.4 is 10.1 Å². The highest BCUT2D eigenvalue weighted by molar-refractivity contribution is 5.49. The molecule has 2 aromatic carbocycles. The Kier molecular flexibility index (Phi) is 4.29. The van der Waals surface area contributed by atoms with Crippen LogP contribution in [0.1, 0.15) is 24.9 Å². The molecule has 19 heavy (non-hydrogen) atoms. The number of benzene rings is 2. The fraction of sp³-hybridized carbons (Fsp3) is 0.250. The predicted octanol–water partition coefficient (Wildman–Crippen LogP) is 3.96. The van der Waals surface area contributed by atoms with Gasteiger partial charge in [-0.25, -0.2) is 0 Å². The summed E-state index contributed by atoms with van der Waals surface area (Å²) in [6.45, 7) is 2.13. The van der Waals surface area contributed by atoms with Crippen LogP contribution in [0.25, 0.3) is 0 Å². The van der Waals surface area contributed by atoms with Gasteiger partial charge in [0.05, 0.1) is 13.2 Å². The Balaban J connectivity index is 2.22. The van der Waals surface area contributed by atoms with Crippen LogP contribution in [-0.2, 0) is 0 Å². The van der Waals surface area contributed by atoms with Crippen molar-refractivity contribution in [3.63, 3.8) is 0 Å². The SMILES string of the molecule is CCC(Nc1ccc(O)cc1)c1ccccc1OC. The quantitative estimate of drug-likeness (QED) is 0.796. The maximum Gasteiger partial charge on any atom is 0.124 e. The zero-order valence-corrected chi connectivity index (χ0v) is 11.3. The molecule has 0 spiro atoms. The van der Waals surface area contributed by atoms with E-state index in [1.54, 1.807) is 19.2 Å². The lowest BCUT2D eigenvalue weighted by atomic mass is 10.0. The summed E-state index contributed by atoms with van der Waals surface area (Å²) in [5, 5.41) is 12.8. The number of methoxy groups -OCH3 is 1. The predicted molar refractivity (Wildman–Crippen MR) is 77.8 cm³/mol. The Morgan fingerprint density at radius 1 is 1.11 bits per heavy atom. The van der Waals surface area contributed by atoms with Gasteiger partial charge in [-0.3, -0.25) is 0 Å². The number of ether oxygens (including phenoxy) is 1. The molecule has 1 atom stereocenters. The summed E-state index contributed by atoms with van der Waals surface area (Å²) in [6.07, 6.45) is 0.946. The highest BCUT2D eigenvalue weighted by atomic mass is 16.5. The molecule has 2 rings (SSSR count). The molecule has 3 heteroatoms. The molecule has 0 saturated carbocycles. The average Bonchev–Trinajstić information content (AvgIpc) is 2.46.